The maximum atomic E-state index is 13.5. The number of carboxylic acid groups (broad SMARTS) is 1. The first-order valence-electron chi connectivity index (χ1n) is 17.7. The molecule has 1 aromatic carbocycles. The number of amides is 4. The maximum absolute atomic E-state index is 13.5. The Hall–Kier alpha value is -3.58. The number of imide groups is 1. The van der Waals surface area contributed by atoms with Gasteiger partial charge in [-0.15, -0.1) is 0 Å². The highest BCUT2D eigenvalue weighted by Crippen LogP contribution is 2.24. The van der Waals surface area contributed by atoms with E-state index < -0.39 is 29.8 Å². The van der Waals surface area contributed by atoms with Crippen molar-refractivity contribution in [1.29, 1.82) is 0 Å². The Morgan fingerprint density at radius 2 is 1.60 bits per heavy atom. The van der Waals surface area contributed by atoms with Gasteiger partial charge in [0.1, 0.15) is 5.78 Å². The number of carbonyl (C=O) groups is 7. The fourth-order valence-corrected chi connectivity index (χ4v) is 6.76. The number of nitrogens with two attached hydrogens (primary N) is 2. The van der Waals surface area contributed by atoms with E-state index in [1.54, 1.807) is 6.92 Å². The first kappa shape index (κ1) is 42.6. The summed E-state index contributed by atoms with van der Waals surface area (Å²) in [7, 11) is 0. The average Bonchev–Trinajstić information content (AvgIpc) is 3.32. The maximum Gasteiger partial charge on any atom is 0.306 e. The van der Waals surface area contributed by atoms with Crippen LogP contribution in [0.3, 0.4) is 0 Å². The second kappa shape index (κ2) is 21.6. The van der Waals surface area contributed by atoms with E-state index in [0.717, 1.165) is 11.1 Å². The number of likely N-dealkylation sites (tertiary alicyclic amines) is 1. The van der Waals surface area contributed by atoms with E-state index in [9.17, 15) is 33.6 Å². The van der Waals surface area contributed by atoms with Crippen LogP contribution in [-0.2, 0) is 46.4 Å². The van der Waals surface area contributed by atoms with E-state index in [0.29, 0.717) is 57.9 Å². The molecule has 0 saturated carbocycles. The van der Waals surface area contributed by atoms with E-state index in [1.807, 2.05) is 44.4 Å². The zero-order chi connectivity index (χ0) is 37.4. The summed E-state index contributed by atoms with van der Waals surface area (Å²) >= 11 is 1.38. The van der Waals surface area contributed by atoms with Crippen LogP contribution in [0.4, 0.5) is 0 Å². The molecule has 1 heterocycles. The second-order valence-corrected chi connectivity index (χ2v) is 14.9. The number of Topliss-reactive ketones (excluding diaryl/α,β-unsaturated/α-hetero) is 2. The van der Waals surface area contributed by atoms with E-state index in [2.05, 4.69) is 5.32 Å². The summed E-state index contributed by atoms with van der Waals surface area (Å²) in [5.74, 6) is -3.56. The van der Waals surface area contributed by atoms with Crippen molar-refractivity contribution in [3.05, 3.63) is 35.4 Å². The van der Waals surface area contributed by atoms with Crippen LogP contribution < -0.4 is 16.8 Å². The van der Waals surface area contributed by atoms with Gasteiger partial charge in [-0.1, -0.05) is 57.9 Å². The number of hydrogen-bond donors (Lipinski definition) is 4. The van der Waals surface area contributed by atoms with Gasteiger partial charge < -0.3 is 21.9 Å². The summed E-state index contributed by atoms with van der Waals surface area (Å²) < 4.78 is 0. The van der Waals surface area contributed by atoms with Crippen LogP contribution >= 0.6 is 11.8 Å². The summed E-state index contributed by atoms with van der Waals surface area (Å²) in [6, 6.07) is 6.25. The third-order valence-corrected chi connectivity index (χ3v) is 10.2. The molecule has 6 N–H and O–H groups in total. The fraction of sp³-hybridized carbons (Fsp3) is 0.649. The van der Waals surface area contributed by atoms with Crippen molar-refractivity contribution in [2.24, 2.45) is 29.2 Å². The summed E-state index contributed by atoms with van der Waals surface area (Å²) in [6.07, 6.45) is 6.64. The number of thioether (sulfide) groups is 1. The van der Waals surface area contributed by atoms with Gasteiger partial charge in [0.15, 0.2) is 5.78 Å². The molecular weight excluding hydrogens is 660 g/mol. The number of aliphatic carboxylic acids is 1. The molecule has 12 nitrogen and oxygen atoms in total. The first-order valence-corrected chi connectivity index (χ1v) is 19.0. The molecule has 1 aromatic rings. The largest absolute Gasteiger partial charge is 0.481 e. The van der Waals surface area contributed by atoms with Gasteiger partial charge in [0.05, 0.1) is 17.2 Å². The molecule has 1 saturated heterocycles. The van der Waals surface area contributed by atoms with E-state index in [4.69, 9.17) is 16.6 Å². The van der Waals surface area contributed by atoms with Crippen LogP contribution in [0.25, 0.3) is 0 Å². The zero-order valence-corrected chi connectivity index (χ0v) is 30.8. The minimum Gasteiger partial charge on any atom is -0.481 e. The molecule has 2 rings (SSSR count). The molecule has 0 bridgehead atoms. The van der Waals surface area contributed by atoms with E-state index in [-0.39, 0.29) is 78.6 Å². The molecule has 1 aliphatic heterocycles. The zero-order valence-electron chi connectivity index (χ0n) is 30.0. The number of primary amides is 1. The number of hydrogen-bond acceptors (Lipinski definition) is 9. The van der Waals surface area contributed by atoms with Gasteiger partial charge in [0.2, 0.25) is 23.6 Å². The molecule has 0 radical (unpaired) electrons. The topological polar surface area (TPSA) is 207 Å². The van der Waals surface area contributed by atoms with Crippen molar-refractivity contribution in [1.82, 2.24) is 10.2 Å². The van der Waals surface area contributed by atoms with Crippen molar-refractivity contribution in [3.63, 3.8) is 0 Å². The third-order valence-electron chi connectivity index (χ3n) is 9.26. The van der Waals surface area contributed by atoms with Crippen LogP contribution in [0.5, 0.6) is 0 Å². The van der Waals surface area contributed by atoms with Crippen molar-refractivity contribution in [2.45, 2.75) is 122 Å². The number of carboxylic acids is 1. The number of benzene rings is 1. The Bertz CT molecular complexity index is 1330. The predicted molar refractivity (Wildman–Crippen MR) is 193 cm³/mol. The number of nitrogens with zero attached hydrogens (tertiary/aromatic N) is 1. The number of carbonyl (C=O) groups excluding carboxylic acids is 6. The predicted octanol–water partition coefficient (Wildman–Crippen LogP) is 3.59. The quantitative estimate of drug-likeness (QED) is 0.0854. The Kier molecular flexibility index (Phi) is 18.4. The van der Waals surface area contributed by atoms with Crippen molar-refractivity contribution >= 4 is 52.9 Å². The first-order chi connectivity index (χ1) is 23.6. The molecule has 5 atom stereocenters. The Morgan fingerprint density at radius 1 is 0.960 bits per heavy atom. The number of rotatable bonds is 25. The highest BCUT2D eigenvalue weighted by atomic mass is 32.2. The minimum absolute atomic E-state index is 0.0411. The lowest BCUT2D eigenvalue weighted by Crippen LogP contribution is -2.45. The van der Waals surface area contributed by atoms with Gasteiger partial charge >= 0.3 is 5.97 Å². The summed E-state index contributed by atoms with van der Waals surface area (Å²) in [5.41, 5.74) is 13.1. The monoisotopic (exact) mass is 716 g/mol. The lowest BCUT2D eigenvalue weighted by Gasteiger charge is -2.24. The number of nitrogens with one attached hydrogen (secondary N) is 1. The smallest absolute Gasteiger partial charge is 0.306 e. The minimum atomic E-state index is -0.888. The van der Waals surface area contributed by atoms with Crippen LogP contribution in [0.15, 0.2) is 24.3 Å². The molecule has 1 unspecified atom stereocenters. The van der Waals surface area contributed by atoms with Crippen molar-refractivity contribution < 1.29 is 38.7 Å². The number of unbranched alkanes of at least 4 members (excludes halogenated alkanes) is 3. The lowest BCUT2D eigenvalue weighted by atomic mass is 9.88. The average molecular weight is 717 g/mol. The lowest BCUT2D eigenvalue weighted by molar-refractivity contribution is -0.141. The van der Waals surface area contributed by atoms with Crippen molar-refractivity contribution in [2.75, 3.05) is 12.8 Å². The van der Waals surface area contributed by atoms with Crippen LogP contribution in [0.2, 0.25) is 0 Å². The van der Waals surface area contributed by atoms with Gasteiger partial charge in [-0.05, 0) is 61.8 Å². The Labute approximate surface area is 300 Å². The highest BCUT2D eigenvalue weighted by Gasteiger charge is 2.37. The molecule has 0 aromatic heterocycles. The molecule has 0 aliphatic carbocycles. The summed E-state index contributed by atoms with van der Waals surface area (Å²) in [6.45, 7) is 5.70. The van der Waals surface area contributed by atoms with Crippen LogP contribution in [0.1, 0.15) is 103 Å². The van der Waals surface area contributed by atoms with Crippen LogP contribution in [-0.4, -0.2) is 81.3 Å². The molecule has 50 heavy (non-hydrogen) atoms. The van der Waals surface area contributed by atoms with Gasteiger partial charge in [-0.3, -0.25) is 38.5 Å². The summed E-state index contributed by atoms with van der Waals surface area (Å²) in [4.78, 5) is 88.1. The molecule has 0 spiro atoms. The molecule has 1 fully saturated rings. The summed E-state index contributed by atoms with van der Waals surface area (Å²) in [5, 5.41) is 11.7. The van der Waals surface area contributed by atoms with Gasteiger partial charge in [-0.2, -0.15) is 11.8 Å². The Morgan fingerprint density at radius 3 is 2.18 bits per heavy atom. The molecule has 4 amide bonds. The second-order valence-electron chi connectivity index (χ2n) is 13.9. The molecule has 278 valence electrons. The SMILES string of the molecule is CSC1CC(=O)N(CCCCCC(=O)C[C@H](C(=O)N[C@@H](CCCCC(N)=O)C(=O)Cc2ccc(C[C@H](N)C[C@H](C)C(=O)O)cc2)C(C)C)C1=O. The standard InChI is InChI=1S/C37H56N4O8S/c1-23(2)29(21-28(42)10-6-5-9-17-41-34(45)22-32(50-4)36(41)47)35(46)40-30(11-7-8-12-33(39)44)31(43)20-26-15-13-25(14-16-26)19-27(38)18-24(3)37(48)49/h13-16,23-24,27,29-30,32H,5-12,17-22,38H2,1-4H3,(H2,39,44)(H,40,46)(H,48,49)/t24-,27+,29-,30-,32?/m0/s1. The fourth-order valence-electron chi connectivity index (χ4n) is 6.12. The highest BCUT2D eigenvalue weighted by molar-refractivity contribution is 8.00. The van der Waals surface area contributed by atoms with E-state index in [1.165, 1.54) is 16.7 Å². The van der Waals surface area contributed by atoms with Gasteiger partial charge in [0.25, 0.3) is 0 Å². The van der Waals surface area contributed by atoms with Gasteiger partial charge in [-0.25, -0.2) is 0 Å². The molecular formula is C37H56N4O8S. The van der Waals surface area contributed by atoms with Crippen molar-refractivity contribution in [3.8, 4) is 0 Å². The Balaban J connectivity index is 1.95. The van der Waals surface area contributed by atoms with Crippen LogP contribution in [0, 0.1) is 17.8 Å². The third kappa shape index (κ3) is 14.7. The molecule has 1 aliphatic rings. The van der Waals surface area contributed by atoms with E-state index >= 15 is 0 Å². The molecule has 13 heteroatoms. The van der Waals surface area contributed by atoms with Gasteiger partial charge in [0, 0.05) is 50.6 Å². The normalized spacial score (nSPS) is 17.0. The number of ketones is 2.